The second-order valence-corrected chi connectivity index (χ2v) is 7.14. The van der Waals surface area contributed by atoms with Crippen molar-refractivity contribution in [2.75, 3.05) is 11.2 Å². The number of nitrogen functional groups attached to an aromatic ring is 1. The number of nitrogens with one attached hydrogen (secondary N) is 1. The van der Waals surface area contributed by atoms with Gasteiger partial charge in [0.15, 0.2) is 0 Å². The van der Waals surface area contributed by atoms with E-state index < -0.39 is 23.2 Å². The Bertz CT molecular complexity index is 975. The van der Waals surface area contributed by atoms with Crippen LogP contribution in [0.15, 0.2) is 59.8 Å². The second-order valence-electron chi connectivity index (χ2n) is 5.83. The Balaban J connectivity index is 1.75. The number of anilines is 1. The van der Waals surface area contributed by atoms with Gasteiger partial charge in [-0.2, -0.15) is 13.2 Å². The molecule has 1 heterocycles. The van der Waals surface area contributed by atoms with E-state index >= 15 is 0 Å². The lowest BCUT2D eigenvalue weighted by Crippen LogP contribution is -2.25. The predicted octanol–water partition coefficient (Wildman–Crippen LogP) is 3.80. The lowest BCUT2D eigenvalue weighted by molar-refractivity contribution is -0.146. The van der Waals surface area contributed by atoms with Gasteiger partial charge in [-0.3, -0.25) is 4.79 Å². The molecule has 0 saturated heterocycles. The fourth-order valence-electron chi connectivity index (χ4n) is 2.46. The Hall–Kier alpha value is -3.01. The minimum Gasteiger partial charge on any atom is -0.335 e. The molecular formula is C18H16F3N5OS. The molecule has 0 aliphatic heterocycles. The Kier molecular flexibility index (Phi) is 5.59. The fourth-order valence-corrected chi connectivity index (χ4v) is 3.23. The van der Waals surface area contributed by atoms with E-state index in [0.717, 1.165) is 22.9 Å². The molecule has 10 heteroatoms. The van der Waals surface area contributed by atoms with Crippen LogP contribution in [-0.2, 0) is 11.0 Å². The van der Waals surface area contributed by atoms with Crippen LogP contribution < -0.4 is 11.2 Å². The molecule has 2 aromatic carbocycles. The molecule has 146 valence electrons. The molecule has 6 nitrogen and oxygen atoms in total. The molecule has 3 rings (SSSR count). The van der Waals surface area contributed by atoms with E-state index in [9.17, 15) is 18.0 Å². The first-order chi connectivity index (χ1) is 13.3. The number of benzene rings is 2. The van der Waals surface area contributed by atoms with Crippen LogP contribution in [0.1, 0.15) is 12.7 Å². The van der Waals surface area contributed by atoms with Crippen molar-refractivity contribution in [2.24, 2.45) is 0 Å². The van der Waals surface area contributed by atoms with Crippen LogP contribution in [0.3, 0.4) is 0 Å². The zero-order chi connectivity index (χ0) is 20.3. The number of hydrogen-bond donors (Lipinski definition) is 2. The molecule has 0 saturated carbocycles. The number of hydrogen-bond acceptors (Lipinski definition) is 5. The highest BCUT2D eigenvalue weighted by Gasteiger charge is 2.38. The maximum atomic E-state index is 12.8. The molecule has 28 heavy (non-hydrogen) atoms. The molecule has 1 aromatic heterocycles. The number of thioether (sulfide) groups is 1. The summed E-state index contributed by atoms with van der Waals surface area (Å²) in [5, 5.41) is 8.32. The molecule has 0 aliphatic carbocycles. The number of amides is 1. The number of carbonyl (C=O) groups is 1. The van der Waals surface area contributed by atoms with Gasteiger partial charge in [-0.05, 0) is 18.6 Å². The summed E-state index contributed by atoms with van der Waals surface area (Å²) in [5.74, 6) is 3.69. The van der Waals surface area contributed by atoms with Gasteiger partial charge in [0.05, 0.1) is 5.25 Å². The maximum absolute atomic E-state index is 12.8. The van der Waals surface area contributed by atoms with Crippen molar-refractivity contribution in [3.05, 3.63) is 60.4 Å². The Labute approximate surface area is 162 Å². The molecule has 1 amide bonds. The monoisotopic (exact) mass is 407 g/mol. The topological polar surface area (TPSA) is 85.8 Å². The van der Waals surface area contributed by atoms with E-state index in [4.69, 9.17) is 5.84 Å². The van der Waals surface area contributed by atoms with Gasteiger partial charge < -0.3 is 11.2 Å². The van der Waals surface area contributed by atoms with Gasteiger partial charge in [0.2, 0.25) is 11.1 Å². The van der Waals surface area contributed by atoms with Crippen LogP contribution in [-0.4, -0.2) is 26.0 Å². The first-order valence-electron chi connectivity index (χ1n) is 8.17. The van der Waals surface area contributed by atoms with E-state index in [1.165, 1.54) is 0 Å². The summed E-state index contributed by atoms with van der Waals surface area (Å²) in [6, 6.07) is 16.8. The fraction of sp³-hybridized carbons (Fsp3) is 0.167. The van der Waals surface area contributed by atoms with Crippen LogP contribution in [0.5, 0.6) is 0 Å². The van der Waals surface area contributed by atoms with Gasteiger partial charge in [0.25, 0.3) is 5.82 Å². The van der Waals surface area contributed by atoms with Crippen molar-refractivity contribution >= 4 is 23.4 Å². The number of halogens is 3. The summed E-state index contributed by atoms with van der Waals surface area (Å²) in [6.45, 7) is 1.55. The van der Waals surface area contributed by atoms with Crippen LogP contribution >= 0.6 is 11.8 Å². The minimum atomic E-state index is -4.72. The number of rotatable bonds is 5. The van der Waals surface area contributed by atoms with Gasteiger partial charge in [-0.1, -0.05) is 60.3 Å². The van der Waals surface area contributed by atoms with Crippen LogP contribution in [0, 0.1) is 0 Å². The largest absolute Gasteiger partial charge is 0.453 e. The summed E-state index contributed by atoms with van der Waals surface area (Å²) in [5.41, 5.74) is 2.35. The number of aromatic nitrogens is 3. The Morgan fingerprint density at radius 2 is 1.75 bits per heavy atom. The number of carbonyl (C=O) groups excluding carboxylic acids is 1. The van der Waals surface area contributed by atoms with Crippen molar-refractivity contribution in [1.29, 1.82) is 0 Å². The molecule has 0 aliphatic rings. The van der Waals surface area contributed by atoms with E-state index in [-0.39, 0.29) is 5.16 Å². The third-order valence-electron chi connectivity index (χ3n) is 3.84. The first-order valence-corrected chi connectivity index (χ1v) is 9.05. The maximum Gasteiger partial charge on any atom is 0.453 e. The predicted molar refractivity (Wildman–Crippen MR) is 101 cm³/mol. The molecule has 3 aromatic rings. The highest BCUT2D eigenvalue weighted by molar-refractivity contribution is 8.00. The van der Waals surface area contributed by atoms with Crippen molar-refractivity contribution in [3.8, 4) is 11.1 Å². The van der Waals surface area contributed by atoms with Gasteiger partial charge in [-0.25, -0.2) is 4.68 Å². The second kappa shape index (κ2) is 7.93. The van der Waals surface area contributed by atoms with Crippen LogP contribution in [0.25, 0.3) is 11.1 Å². The zero-order valence-electron chi connectivity index (χ0n) is 14.6. The minimum absolute atomic E-state index is 0.202. The van der Waals surface area contributed by atoms with Crippen LogP contribution in [0.2, 0.25) is 0 Å². The lowest BCUT2D eigenvalue weighted by Gasteiger charge is -2.14. The number of para-hydroxylation sites is 1. The van der Waals surface area contributed by atoms with E-state index in [2.05, 4.69) is 15.5 Å². The summed E-state index contributed by atoms with van der Waals surface area (Å²) >= 11 is 0.788. The Morgan fingerprint density at radius 1 is 1.11 bits per heavy atom. The third kappa shape index (κ3) is 4.28. The standard InChI is InChI=1S/C18H16F3N5OS/c1-11(28-17-25-24-16(26(17)22)18(19,20)21)15(27)23-14-10-6-5-9-13(14)12-7-3-2-4-8-12/h2-11H,22H2,1H3,(H,23,27). The molecule has 3 N–H and O–H groups in total. The van der Waals surface area contributed by atoms with Gasteiger partial charge in [-0.15, -0.1) is 10.2 Å². The quantitative estimate of drug-likeness (QED) is 0.496. The van der Waals surface area contributed by atoms with E-state index in [1.807, 2.05) is 42.5 Å². The average molecular weight is 407 g/mol. The summed E-state index contributed by atoms with van der Waals surface area (Å²) in [7, 11) is 0. The zero-order valence-corrected chi connectivity index (χ0v) is 15.5. The van der Waals surface area contributed by atoms with E-state index in [1.54, 1.807) is 19.1 Å². The SMILES string of the molecule is CC(Sc1nnc(C(F)(F)F)n1N)C(=O)Nc1ccccc1-c1ccccc1. The van der Waals surface area contributed by atoms with Crippen molar-refractivity contribution < 1.29 is 18.0 Å². The van der Waals surface area contributed by atoms with Gasteiger partial charge >= 0.3 is 6.18 Å². The summed E-state index contributed by atoms with van der Waals surface area (Å²) in [6.07, 6.45) is -4.72. The van der Waals surface area contributed by atoms with Crippen molar-refractivity contribution in [3.63, 3.8) is 0 Å². The molecule has 0 radical (unpaired) electrons. The number of nitrogens with zero attached hydrogens (tertiary/aromatic N) is 3. The number of nitrogens with two attached hydrogens (primary N) is 1. The molecule has 1 atom stereocenters. The molecule has 0 spiro atoms. The normalized spacial score (nSPS) is 12.6. The average Bonchev–Trinajstić information content (AvgIpc) is 3.03. The third-order valence-corrected chi connectivity index (χ3v) is 4.90. The molecule has 1 unspecified atom stereocenters. The smallest absolute Gasteiger partial charge is 0.335 e. The lowest BCUT2D eigenvalue weighted by atomic mass is 10.0. The van der Waals surface area contributed by atoms with Crippen LogP contribution in [0.4, 0.5) is 18.9 Å². The first kappa shape index (κ1) is 19.7. The van der Waals surface area contributed by atoms with Crippen molar-refractivity contribution in [1.82, 2.24) is 14.9 Å². The highest BCUT2D eigenvalue weighted by atomic mass is 32.2. The highest BCUT2D eigenvalue weighted by Crippen LogP contribution is 2.31. The molecule has 0 fully saturated rings. The Morgan fingerprint density at radius 3 is 2.39 bits per heavy atom. The summed E-state index contributed by atoms with van der Waals surface area (Å²) in [4.78, 5) is 12.6. The van der Waals surface area contributed by atoms with Crippen molar-refractivity contribution in [2.45, 2.75) is 23.5 Å². The molecule has 0 bridgehead atoms. The van der Waals surface area contributed by atoms with Gasteiger partial charge in [0, 0.05) is 11.3 Å². The summed E-state index contributed by atoms with van der Waals surface area (Å²) < 4.78 is 38.6. The van der Waals surface area contributed by atoms with E-state index in [0.29, 0.717) is 10.4 Å². The number of alkyl halides is 3. The molecular weight excluding hydrogens is 391 g/mol. The van der Waals surface area contributed by atoms with Gasteiger partial charge in [0.1, 0.15) is 0 Å².